The number of nitrogens with zero attached hydrogens (tertiary/aromatic N) is 1. The molecule has 0 saturated heterocycles. The molecule has 7 heteroatoms. The molecule has 156 valence electrons. The van der Waals surface area contributed by atoms with Gasteiger partial charge in [0.25, 0.3) is 0 Å². The van der Waals surface area contributed by atoms with E-state index in [0.29, 0.717) is 10.8 Å². The molecule has 0 aliphatic heterocycles. The van der Waals surface area contributed by atoms with E-state index in [1.54, 1.807) is 42.7 Å². The molecule has 0 fully saturated rings. The monoisotopic (exact) mass is 433 g/mol. The van der Waals surface area contributed by atoms with Crippen molar-refractivity contribution in [3.05, 3.63) is 90.4 Å². The zero-order chi connectivity index (χ0) is 21.8. The first-order chi connectivity index (χ1) is 15.0. The number of phenols is 1. The Balaban J connectivity index is 1.43. The van der Waals surface area contributed by atoms with Crippen LogP contribution in [0.25, 0.3) is 22.4 Å². The van der Waals surface area contributed by atoms with Crippen LogP contribution >= 0.6 is 12.2 Å². The number of phenolic OH excluding ortho intramolecular Hbond substituents is 1. The number of nitrogens with one attached hydrogen (secondary N) is 2. The summed E-state index contributed by atoms with van der Waals surface area (Å²) in [6.45, 7) is 1.96. The predicted octanol–water partition coefficient (Wildman–Crippen LogP) is 5.90. The van der Waals surface area contributed by atoms with Gasteiger partial charge in [-0.15, -0.1) is 0 Å². The van der Waals surface area contributed by atoms with Crippen LogP contribution in [0.5, 0.6) is 5.75 Å². The van der Waals surface area contributed by atoms with Crippen molar-refractivity contribution in [2.24, 2.45) is 0 Å². The standard InChI is InChI=1S/C24H20FN3O2S/c1-15(16-2-8-19(25)9-3-16)26-24(31)27-20-10-4-17(5-11-20)22-14-30-28-23(22)18-6-12-21(29)13-7-18/h2-15,29H,1H3,(H2,26,27,31). The van der Waals surface area contributed by atoms with Crippen molar-refractivity contribution in [1.29, 1.82) is 0 Å². The number of anilines is 1. The number of halogens is 1. The summed E-state index contributed by atoms with van der Waals surface area (Å²) in [6.07, 6.45) is 1.60. The maximum Gasteiger partial charge on any atom is 0.171 e. The fourth-order valence-electron chi connectivity index (χ4n) is 3.20. The first kappa shape index (κ1) is 20.6. The van der Waals surface area contributed by atoms with Crippen LogP contribution in [-0.2, 0) is 0 Å². The largest absolute Gasteiger partial charge is 0.508 e. The lowest BCUT2D eigenvalue weighted by molar-refractivity contribution is 0.422. The summed E-state index contributed by atoms with van der Waals surface area (Å²) in [5.74, 6) is -0.0688. The van der Waals surface area contributed by atoms with Gasteiger partial charge in [0.1, 0.15) is 23.5 Å². The zero-order valence-corrected chi connectivity index (χ0v) is 17.5. The van der Waals surface area contributed by atoms with Crippen LogP contribution in [0, 0.1) is 5.82 Å². The summed E-state index contributed by atoms with van der Waals surface area (Å²) < 4.78 is 18.3. The molecule has 0 aliphatic rings. The third-order valence-corrected chi connectivity index (χ3v) is 5.10. The molecule has 0 saturated carbocycles. The number of hydrogen-bond donors (Lipinski definition) is 3. The van der Waals surface area contributed by atoms with Gasteiger partial charge in [-0.3, -0.25) is 0 Å². The molecule has 1 atom stereocenters. The average molecular weight is 434 g/mol. The summed E-state index contributed by atoms with van der Waals surface area (Å²) >= 11 is 5.40. The Morgan fingerprint density at radius 2 is 1.61 bits per heavy atom. The van der Waals surface area contributed by atoms with E-state index in [2.05, 4.69) is 15.8 Å². The second-order valence-electron chi connectivity index (χ2n) is 7.07. The van der Waals surface area contributed by atoms with Crippen molar-refractivity contribution in [3.63, 3.8) is 0 Å². The van der Waals surface area contributed by atoms with Gasteiger partial charge in [-0.1, -0.05) is 29.4 Å². The van der Waals surface area contributed by atoms with Gasteiger partial charge in [0.15, 0.2) is 5.11 Å². The van der Waals surface area contributed by atoms with Crippen molar-refractivity contribution in [2.75, 3.05) is 5.32 Å². The molecule has 5 nitrogen and oxygen atoms in total. The van der Waals surface area contributed by atoms with Gasteiger partial charge in [-0.05, 0) is 78.8 Å². The fourth-order valence-corrected chi connectivity index (χ4v) is 3.50. The minimum Gasteiger partial charge on any atom is -0.508 e. The van der Waals surface area contributed by atoms with Gasteiger partial charge in [-0.25, -0.2) is 4.39 Å². The molecule has 3 N–H and O–H groups in total. The topological polar surface area (TPSA) is 70.3 Å². The number of thiocarbonyl (C=S) groups is 1. The van der Waals surface area contributed by atoms with Crippen LogP contribution in [-0.4, -0.2) is 15.4 Å². The molecular weight excluding hydrogens is 413 g/mol. The van der Waals surface area contributed by atoms with Crippen LogP contribution < -0.4 is 10.6 Å². The van der Waals surface area contributed by atoms with Crippen LogP contribution in [0.3, 0.4) is 0 Å². The Hall–Kier alpha value is -3.71. The number of aromatic hydroxyl groups is 1. The van der Waals surface area contributed by atoms with E-state index in [1.807, 2.05) is 31.2 Å². The molecule has 4 aromatic rings. The molecule has 4 rings (SSSR count). The van der Waals surface area contributed by atoms with Crippen LogP contribution in [0.2, 0.25) is 0 Å². The molecule has 0 bridgehead atoms. The molecule has 0 radical (unpaired) electrons. The number of benzene rings is 3. The summed E-state index contributed by atoms with van der Waals surface area (Å²) in [5, 5.41) is 20.4. The van der Waals surface area contributed by atoms with E-state index >= 15 is 0 Å². The van der Waals surface area contributed by atoms with E-state index in [-0.39, 0.29) is 17.6 Å². The average Bonchev–Trinajstić information content (AvgIpc) is 3.25. The molecule has 0 aliphatic carbocycles. The number of hydrogen-bond acceptors (Lipinski definition) is 4. The Labute approximate surface area is 184 Å². The van der Waals surface area contributed by atoms with Crippen LogP contribution in [0.15, 0.2) is 83.6 Å². The molecular formula is C24H20FN3O2S. The summed E-state index contributed by atoms with van der Waals surface area (Å²) in [6, 6.07) is 20.8. The van der Waals surface area contributed by atoms with Crippen molar-refractivity contribution < 1.29 is 14.0 Å². The first-order valence-corrected chi connectivity index (χ1v) is 10.1. The second-order valence-corrected chi connectivity index (χ2v) is 7.48. The highest BCUT2D eigenvalue weighted by Crippen LogP contribution is 2.32. The molecule has 3 aromatic carbocycles. The number of aromatic nitrogens is 1. The molecule has 31 heavy (non-hydrogen) atoms. The Bertz CT molecular complexity index is 1170. The van der Waals surface area contributed by atoms with Crippen molar-refractivity contribution in [3.8, 4) is 28.1 Å². The maximum absolute atomic E-state index is 13.1. The van der Waals surface area contributed by atoms with Gasteiger partial charge >= 0.3 is 0 Å². The summed E-state index contributed by atoms with van der Waals surface area (Å²) in [7, 11) is 0. The Morgan fingerprint density at radius 1 is 0.968 bits per heavy atom. The van der Waals surface area contributed by atoms with Gasteiger partial charge in [-0.2, -0.15) is 0 Å². The summed E-state index contributed by atoms with van der Waals surface area (Å²) in [4.78, 5) is 0. The lowest BCUT2D eigenvalue weighted by Gasteiger charge is -2.17. The van der Waals surface area contributed by atoms with Gasteiger partial charge < -0.3 is 20.3 Å². The van der Waals surface area contributed by atoms with E-state index in [1.165, 1.54) is 12.1 Å². The Morgan fingerprint density at radius 3 is 2.29 bits per heavy atom. The molecule has 0 spiro atoms. The fraction of sp³-hybridized carbons (Fsp3) is 0.0833. The van der Waals surface area contributed by atoms with Crippen molar-refractivity contribution in [2.45, 2.75) is 13.0 Å². The predicted molar refractivity (Wildman–Crippen MR) is 123 cm³/mol. The zero-order valence-electron chi connectivity index (χ0n) is 16.7. The highest BCUT2D eigenvalue weighted by molar-refractivity contribution is 7.80. The normalized spacial score (nSPS) is 11.7. The second kappa shape index (κ2) is 8.97. The quantitative estimate of drug-likeness (QED) is 0.340. The lowest BCUT2D eigenvalue weighted by Crippen LogP contribution is -2.30. The Kier molecular flexibility index (Phi) is 5.95. The van der Waals surface area contributed by atoms with E-state index in [4.69, 9.17) is 16.7 Å². The highest BCUT2D eigenvalue weighted by atomic mass is 32.1. The molecule has 1 heterocycles. The van der Waals surface area contributed by atoms with Crippen LogP contribution in [0.1, 0.15) is 18.5 Å². The van der Waals surface area contributed by atoms with Gasteiger partial charge in [0.2, 0.25) is 0 Å². The minimum atomic E-state index is -0.266. The minimum absolute atomic E-state index is 0.0651. The SMILES string of the molecule is CC(NC(=S)Nc1ccc(-c2conc2-c2ccc(O)cc2)cc1)c1ccc(F)cc1. The third-order valence-electron chi connectivity index (χ3n) is 4.88. The van der Waals surface area contributed by atoms with Crippen molar-refractivity contribution >= 4 is 23.0 Å². The lowest BCUT2D eigenvalue weighted by atomic mass is 10.0. The first-order valence-electron chi connectivity index (χ1n) is 9.67. The molecule has 0 amide bonds. The van der Waals surface area contributed by atoms with E-state index in [0.717, 1.165) is 27.9 Å². The van der Waals surface area contributed by atoms with Gasteiger partial charge in [0, 0.05) is 16.8 Å². The highest BCUT2D eigenvalue weighted by Gasteiger charge is 2.13. The number of rotatable bonds is 5. The molecule has 1 aromatic heterocycles. The maximum atomic E-state index is 13.1. The van der Waals surface area contributed by atoms with Gasteiger partial charge in [0.05, 0.1) is 6.04 Å². The summed E-state index contributed by atoms with van der Waals surface area (Å²) in [5.41, 5.74) is 5.11. The van der Waals surface area contributed by atoms with Crippen LogP contribution in [0.4, 0.5) is 10.1 Å². The van der Waals surface area contributed by atoms with E-state index < -0.39 is 0 Å². The van der Waals surface area contributed by atoms with E-state index in [9.17, 15) is 9.50 Å². The smallest absolute Gasteiger partial charge is 0.171 e. The molecule has 1 unspecified atom stereocenters. The van der Waals surface area contributed by atoms with Crippen molar-refractivity contribution in [1.82, 2.24) is 10.5 Å². The third kappa shape index (κ3) is 4.90.